The minimum absolute atomic E-state index is 0.0624. The summed E-state index contributed by atoms with van der Waals surface area (Å²) in [7, 11) is 1.40. The first-order valence-corrected chi connectivity index (χ1v) is 12.0. The molecule has 0 radical (unpaired) electrons. The maximum absolute atomic E-state index is 14.9. The van der Waals surface area contributed by atoms with Crippen LogP contribution in [0.25, 0.3) is 0 Å². The molecule has 1 fully saturated rings. The third kappa shape index (κ3) is 6.44. The number of rotatable bonds is 6. The van der Waals surface area contributed by atoms with Gasteiger partial charge < -0.3 is 18.9 Å². The largest absolute Gasteiger partial charge is 0.591 e. The van der Waals surface area contributed by atoms with Crippen molar-refractivity contribution in [1.29, 1.82) is 0 Å². The third-order valence-electron chi connectivity index (χ3n) is 5.40. The Kier molecular flexibility index (Phi) is 8.14. The van der Waals surface area contributed by atoms with Crippen molar-refractivity contribution in [2.45, 2.75) is 50.4 Å². The van der Waals surface area contributed by atoms with Crippen LogP contribution < -0.4 is 4.74 Å². The Balaban J connectivity index is 1.79. The van der Waals surface area contributed by atoms with Gasteiger partial charge in [-0.3, -0.25) is 0 Å². The molecule has 1 amide bonds. The molecule has 1 aliphatic rings. The van der Waals surface area contributed by atoms with Crippen molar-refractivity contribution in [2.24, 2.45) is 4.40 Å². The Hall–Kier alpha value is -2.72. The van der Waals surface area contributed by atoms with Gasteiger partial charge in [-0.15, -0.1) is 0 Å². The van der Waals surface area contributed by atoms with Crippen molar-refractivity contribution in [3.8, 4) is 5.88 Å². The summed E-state index contributed by atoms with van der Waals surface area (Å²) < 4.78 is 56.1. The molecule has 34 heavy (non-hydrogen) atoms. The van der Waals surface area contributed by atoms with Crippen LogP contribution in [0.4, 0.5) is 13.6 Å². The number of ether oxygens (including phenoxy) is 2. The van der Waals surface area contributed by atoms with E-state index < -0.39 is 40.5 Å². The van der Waals surface area contributed by atoms with E-state index in [1.807, 2.05) is 30.3 Å². The summed E-state index contributed by atoms with van der Waals surface area (Å²) in [6, 6.07) is 10.6. The summed E-state index contributed by atoms with van der Waals surface area (Å²) in [5, 5.41) is 0. The lowest BCUT2D eigenvalue weighted by Crippen LogP contribution is -2.48. The molecule has 2 unspecified atom stereocenters. The van der Waals surface area contributed by atoms with Crippen LogP contribution in [0.3, 0.4) is 0 Å². The number of hydrogen-bond donors (Lipinski definition) is 0. The van der Waals surface area contributed by atoms with E-state index in [1.165, 1.54) is 30.5 Å². The van der Waals surface area contributed by atoms with Gasteiger partial charge in [0, 0.05) is 25.7 Å². The van der Waals surface area contributed by atoms with Crippen molar-refractivity contribution < 1.29 is 27.6 Å². The Morgan fingerprint density at radius 3 is 2.71 bits per heavy atom. The minimum Gasteiger partial charge on any atom is -0.591 e. The highest BCUT2D eigenvalue weighted by Gasteiger charge is 2.46. The van der Waals surface area contributed by atoms with Gasteiger partial charge >= 0.3 is 6.09 Å². The van der Waals surface area contributed by atoms with Crippen LogP contribution >= 0.6 is 0 Å². The summed E-state index contributed by atoms with van der Waals surface area (Å²) in [5.41, 5.74) is 1.37. The van der Waals surface area contributed by atoms with Crippen LogP contribution in [0.5, 0.6) is 5.88 Å². The molecule has 10 heteroatoms. The molecule has 0 saturated carbocycles. The number of alkyl halides is 2. The molecule has 0 bridgehead atoms. The molecule has 184 valence electrons. The summed E-state index contributed by atoms with van der Waals surface area (Å²) in [5.74, 6) is -4.16. The minimum atomic E-state index is -3.05. The lowest BCUT2D eigenvalue weighted by Gasteiger charge is -2.38. The maximum Gasteiger partial charge on any atom is 0.410 e. The molecule has 1 saturated heterocycles. The van der Waals surface area contributed by atoms with Gasteiger partial charge in [-0.25, -0.2) is 18.6 Å². The van der Waals surface area contributed by atoms with Crippen molar-refractivity contribution in [3.05, 3.63) is 59.3 Å². The zero-order chi connectivity index (χ0) is 24.9. The Morgan fingerprint density at radius 1 is 1.35 bits per heavy atom. The molecular formula is C24H29F2N3O4S. The monoisotopic (exact) mass is 493 g/mol. The van der Waals surface area contributed by atoms with Crippen molar-refractivity contribution >= 4 is 23.7 Å². The first-order valence-electron chi connectivity index (χ1n) is 10.8. The van der Waals surface area contributed by atoms with E-state index in [-0.39, 0.29) is 31.1 Å². The number of piperidine rings is 1. The molecule has 7 nitrogen and oxygen atoms in total. The number of benzene rings is 1. The van der Waals surface area contributed by atoms with Crippen molar-refractivity contribution in [1.82, 2.24) is 9.88 Å². The average molecular weight is 494 g/mol. The molecule has 1 aromatic heterocycles. The molecule has 0 aliphatic carbocycles. The number of aromatic nitrogens is 1. The number of amides is 1. The van der Waals surface area contributed by atoms with Crippen LogP contribution in [-0.2, 0) is 22.7 Å². The highest BCUT2D eigenvalue weighted by Crippen LogP contribution is 2.41. The van der Waals surface area contributed by atoms with Gasteiger partial charge in [0.25, 0.3) is 5.92 Å². The van der Waals surface area contributed by atoms with Crippen LogP contribution in [0.15, 0.2) is 47.0 Å². The lowest BCUT2D eigenvalue weighted by molar-refractivity contribution is -0.0729. The lowest BCUT2D eigenvalue weighted by atomic mass is 9.87. The standard InChI is InChI=1S/C24H29F2N3O4S/c1-23(2,3)34(31)28-14-19-12-18(13-27-21(19)32-4)20-15-29(11-10-24(20,25)26)22(30)33-16-17-8-6-5-7-9-17/h5-9,12-14,20H,10-11,15-16H2,1-4H3/b28-14+. The van der Waals surface area contributed by atoms with E-state index in [0.717, 1.165) is 5.56 Å². The highest BCUT2D eigenvalue weighted by molar-refractivity contribution is 7.91. The molecule has 2 heterocycles. The van der Waals surface area contributed by atoms with E-state index in [1.54, 1.807) is 20.8 Å². The number of halogens is 2. The van der Waals surface area contributed by atoms with Crippen LogP contribution in [0.1, 0.15) is 49.8 Å². The third-order valence-corrected chi connectivity index (χ3v) is 6.74. The second-order valence-corrected chi connectivity index (χ2v) is 10.9. The molecular weight excluding hydrogens is 464 g/mol. The fraction of sp³-hybridized carbons (Fsp3) is 0.458. The van der Waals surface area contributed by atoms with E-state index in [0.29, 0.717) is 5.56 Å². The van der Waals surface area contributed by atoms with Gasteiger partial charge in [-0.05, 0) is 38.0 Å². The molecule has 2 atom stereocenters. The Bertz CT molecular complexity index is 1020. The number of carbonyl (C=O) groups excluding carboxylic acids is 1. The normalized spacial score (nSPS) is 19.1. The van der Waals surface area contributed by atoms with Gasteiger partial charge in [-0.2, -0.15) is 0 Å². The maximum atomic E-state index is 14.9. The fourth-order valence-corrected chi connectivity index (χ4v) is 3.96. The molecule has 0 N–H and O–H groups in total. The summed E-state index contributed by atoms with van der Waals surface area (Å²) >= 11 is -1.54. The van der Waals surface area contributed by atoms with E-state index in [9.17, 15) is 18.1 Å². The molecule has 3 rings (SSSR count). The van der Waals surface area contributed by atoms with Gasteiger partial charge in [0.2, 0.25) is 5.88 Å². The van der Waals surface area contributed by atoms with Crippen LogP contribution in [0.2, 0.25) is 0 Å². The van der Waals surface area contributed by atoms with Gasteiger partial charge in [0.15, 0.2) is 0 Å². The topological polar surface area (TPSA) is 87.1 Å². The van der Waals surface area contributed by atoms with Gasteiger partial charge in [0.1, 0.15) is 22.7 Å². The molecule has 2 aromatic rings. The van der Waals surface area contributed by atoms with Gasteiger partial charge in [0.05, 0.1) is 24.8 Å². The predicted molar refractivity (Wildman–Crippen MR) is 127 cm³/mol. The van der Waals surface area contributed by atoms with E-state index in [2.05, 4.69) is 9.38 Å². The zero-order valence-electron chi connectivity index (χ0n) is 19.7. The SMILES string of the molecule is COc1ncc(C2CN(C(=O)OCc3ccccc3)CCC2(F)F)cc1/C=N/[S+]([O-])C(C)(C)C. The fourth-order valence-electron chi connectivity index (χ4n) is 3.43. The first kappa shape index (κ1) is 25.9. The number of likely N-dealkylation sites (tertiary alicyclic amines) is 1. The second-order valence-electron chi connectivity index (χ2n) is 9.01. The number of pyridine rings is 1. The Morgan fingerprint density at radius 2 is 2.06 bits per heavy atom. The highest BCUT2D eigenvalue weighted by atomic mass is 32.2. The van der Waals surface area contributed by atoms with Crippen molar-refractivity contribution in [3.63, 3.8) is 0 Å². The van der Waals surface area contributed by atoms with Crippen LogP contribution in [-0.4, -0.2) is 57.6 Å². The quantitative estimate of drug-likeness (QED) is 0.429. The van der Waals surface area contributed by atoms with Gasteiger partial charge in [-0.1, -0.05) is 34.7 Å². The molecule has 1 aromatic carbocycles. The first-order chi connectivity index (χ1) is 16.0. The zero-order valence-corrected chi connectivity index (χ0v) is 20.5. The average Bonchev–Trinajstić information content (AvgIpc) is 2.80. The molecule has 0 spiro atoms. The number of carbonyl (C=O) groups is 1. The summed E-state index contributed by atoms with van der Waals surface area (Å²) in [4.78, 5) is 18.0. The number of nitrogens with zero attached hydrogens (tertiary/aromatic N) is 3. The van der Waals surface area contributed by atoms with Crippen LogP contribution in [0, 0.1) is 0 Å². The van der Waals surface area contributed by atoms with E-state index in [4.69, 9.17) is 9.47 Å². The molecule has 1 aliphatic heterocycles. The smallest absolute Gasteiger partial charge is 0.410 e. The summed E-state index contributed by atoms with van der Waals surface area (Å²) in [6.07, 6.45) is 1.49. The predicted octanol–water partition coefficient (Wildman–Crippen LogP) is 4.73. The summed E-state index contributed by atoms with van der Waals surface area (Å²) in [6.45, 7) is 5.06. The second kappa shape index (κ2) is 10.7. The van der Waals surface area contributed by atoms with Crippen molar-refractivity contribution in [2.75, 3.05) is 20.2 Å². The number of hydrogen-bond acceptors (Lipinski definition) is 6. The number of methoxy groups -OCH3 is 1. The van der Waals surface area contributed by atoms with E-state index >= 15 is 0 Å². The Labute approximate surface area is 201 Å².